The van der Waals surface area contributed by atoms with Crippen molar-refractivity contribution in [2.75, 3.05) is 38.7 Å². The topological polar surface area (TPSA) is 123 Å². The van der Waals surface area contributed by atoms with Crippen LogP contribution in [0.25, 0.3) is 5.32 Å². The molecule has 8 nitrogen and oxygen atoms in total. The number of halogens is 3. The summed E-state index contributed by atoms with van der Waals surface area (Å²) < 4.78 is 46.9. The molecule has 3 rings (SSSR count). The molecule has 0 unspecified atom stereocenters. The van der Waals surface area contributed by atoms with Crippen molar-refractivity contribution in [2.24, 2.45) is 5.73 Å². The molecule has 2 aromatic carbocycles. The largest absolute Gasteiger partial charge is 1.00 e. The van der Waals surface area contributed by atoms with Crippen molar-refractivity contribution in [3.63, 3.8) is 0 Å². The summed E-state index contributed by atoms with van der Waals surface area (Å²) in [5.41, 5.74) is 7.16. The number of alkyl halides is 1. The van der Waals surface area contributed by atoms with Gasteiger partial charge >= 0.3 is 51.4 Å². The van der Waals surface area contributed by atoms with Crippen molar-refractivity contribution in [1.82, 2.24) is 4.90 Å². The molecule has 0 atom stereocenters. The summed E-state index contributed by atoms with van der Waals surface area (Å²) in [5, 5.41) is 15.2. The molecule has 0 spiro atoms. The number of carbonyl (C=O) groups is 2. The third kappa shape index (κ3) is 9.09. The van der Waals surface area contributed by atoms with Crippen LogP contribution >= 0.6 is 12.1 Å². The second kappa shape index (κ2) is 16.4. The Kier molecular flexibility index (Phi) is 13.9. The predicted octanol–water partition coefficient (Wildman–Crippen LogP) is 2.74. The van der Waals surface area contributed by atoms with Gasteiger partial charge in [0.1, 0.15) is 30.6 Å². The summed E-state index contributed by atoms with van der Waals surface area (Å²) in [4.78, 5) is 26.3. The Bertz CT molecular complexity index is 1340. The standard InChI is InChI=1S/C28H32F3N5O3S.K/c1-4-24(37)36(10-9-29)11-12-39-26(27(33)34-3)25(32)21-14-19(30)15-22(16(21)2)35-28(38)20-8-7-18(17-5-6-17)13-23(20)40-31;/h4,7-8,13-15,17H,1,5-6,9-12H2,2-3H3,(H5,32,33,34,35,38);/q;+1/p-1. The minimum Gasteiger partial charge on any atom is -0.492 e. The molecule has 1 aliphatic rings. The van der Waals surface area contributed by atoms with E-state index in [9.17, 15) is 22.3 Å². The van der Waals surface area contributed by atoms with Gasteiger partial charge in [-0.2, -0.15) is 3.89 Å². The van der Waals surface area contributed by atoms with Crippen LogP contribution in [0.3, 0.4) is 0 Å². The van der Waals surface area contributed by atoms with E-state index in [1.54, 1.807) is 25.1 Å². The van der Waals surface area contributed by atoms with E-state index in [4.69, 9.17) is 15.9 Å². The number of hydrogen-bond donors (Lipinski definition) is 3. The molecule has 13 heteroatoms. The Labute approximate surface area is 284 Å². The summed E-state index contributed by atoms with van der Waals surface area (Å²) in [5.74, 6) is -1.85. The SMILES string of the molecule is C=CC(=O)N(CCF)CCO/C(C(=N)c1cc(F)cc(NC(=O)c2ccc(C3CC3)cc2SF)c1C)=C(\N)[N-]C.[K+]. The summed E-state index contributed by atoms with van der Waals surface area (Å²) in [7, 11) is 1.38. The van der Waals surface area contributed by atoms with E-state index < -0.39 is 24.3 Å². The molecule has 0 bridgehead atoms. The molecule has 2 aromatic rings. The van der Waals surface area contributed by atoms with Crippen LogP contribution in [-0.4, -0.2) is 55.8 Å². The molecule has 214 valence electrons. The predicted molar refractivity (Wildman–Crippen MR) is 151 cm³/mol. The normalized spacial score (nSPS) is 12.9. The molecule has 0 aliphatic heterocycles. The van der Waals surface area contributed by atoms with Crippen LogP contribution in [0.2, 0.25) is 0 Å². The Morgan fingerprint density at radius 2 is 1.98 bits per heavy atom. The van der Waals surface area contributed by atoms with Crippen LogP contribution in [0.5, 0.6) is 0 Å². The van der Waals surface area contributed by atoms with Crippen molar-refractivity contribution in [2.45, 2.75) is 30.6 Å². The van der Waals surface area contributed by atoms with E-state index in [0.29, 0.717) is 11.5 Å². The zero-order valence-electron chi connectivity index (χ0n) is 23.2. The number of benzene rings is 2. The van der Waals surface area contributed by atoms with Gasteiger partial charge in [0.05, 0.1) is 29.2 Å². The van der Waals surface area contributed by atoms with Gasteiger partial charge in [-0.05, 0) is 73.0 Å². The third-order valence-electron chi connectivity index (χ3n) is 6.42. The summed E-state index contributed by atoms with van der Waals surface area (Å²) in [6.45, 7) is 3.83. The molecule has 1 fully saturated rings. The average Bonchev–Trinajstić information content (AvgIpc) is 3.80. The van der Waals surface area contributed by atoms with Gasteiger partial charge < -0.3 is 26.0 Å². The van der Waals surface area contributed by atoms with Crippen molar-refractivity contribution in [3.8, 4) is 0 Å². The van der Waals surface area contributed by atoms with Crippen molar-refractivity contribution >= 4 is 35.4 Å². The van der Waals surface area contributed by atoms with E-state index in [0.717, 1.165) is 36.6 Å². The van der Waals surface area contributed by atoms with Gasteiger partial charge in [0.25, 0.3) is 5.91 Å². The maximum atomic E-state index is 14.7. The molecule has 0 saturated heterocycles. The van der Waals surface area contributed by atoms with Crippen molar-refractivity contribution in [3.05, 3.63) is 88.0 Å². The first-order valence-corrected chi connectivity index (χ1v) is 13.2. The van der Waals surface area contributed by atoms with Crippen LogP contribution in [-0.2, 0) is 9.53 Å². The Morgan fingerprint density at radius 1 is 1.27 bits per heavy atom. The van der Waals surface area contributed by atoms with Gasteiger partial charge in [0.15, 0.2) is 0 Å². The first kappa shape index (κ1) is 34.9. The molecule has 1 aliphatic carbocycles. The van der Waals surface area contributed by atoms with E-state index in [-0.39, 0.29) is 122 Å². The number of carbonyl (C=O) groups excluding carboxylic acids is 2. The molecular formula is C28H31F3KN5O3S. The fourth-order valence-electron chi connectivity index (χ4n) is 4.04. The summed E-state index contributed by atoms with van der Waals surface area (Å²) >= 11 is -0.0324. The summed E-state index contributed by atoms with van der Waals surface area (Å²) in [6, 6.07) is 7.17. The first-order chi connectivity index (χ1) is 19.1. The fraction of sp³-hybridized carbons (Fsp3) is 0.321. The van der Waals surface area contributed by atoms with E-state index in [1.165, 1.54) is 11.9 Å². The second-order valence-corrected chi connectivity index (χ2v) is 9.66. The quantitative estimate of drug-likeness (QED) is 0.131. The monoisotopic (exact) mass is 613 g/mol. The molecule has 0 radical (unpaired) electrons. The second-order valence-electron chi connectivity index (χ2n) is 9.07. The van der Waals surface area contributed by atoms with Crippen LogP contribution in [0.4, 0.5) is 18.4 Å². The fourth-order valence-corrected chi connectivity index (χ4v) is 4.46. The Morgan fingerprint density at radius 3 is 2.56 bits per heavy atom. The van der Waals surface area contributed by atoms with Gasteiger partial charge in [0, 0.05) is 17.8 Å². The number of nitrogens with two attached hydrogens (primary N) is 1. The number of rotatable bonds is 14. The number of allylic oxidation sites excluding steroid dienone is 1. The van der Waals surface area contributed by atoms with Crippen LogP contribution in [0.1, 0.15) is 45.8 Å². The minimum atomic E-state index is -0.766. The average molecular weight is 614 g/mol. The van der Waals surface area contributed by atoms with E-state index in [1.807, 2.05) is 0 Å². The smallest absolute Gasteiger partial charge is 0.492 e. The number of ether oxygens (including phenoxy) is 1. The Balaban J connectivity index is 0.00000588. The minimum absolute atomic E-state index is 0. The maximum Gasteiger partial charge on any atom is 1.00 e. The molecule has 41 heavy (non-hydrogen) atoms. The first-order valence-electron chi connectivity index (χ1n) is 12.5. The molecule has 0 aromatic heterocycles. The van der Waals surface area contributed by atoms with Crippen molar-refractivity contribution in [1.29, 1.82) is 5.41 Å². The van der Waals surface area contributed by atoms with Gasteiger partial charge in [-0.1, -0.05) is 19.7 Å². The summed E-state index contributed by atoms with van der Waals surface area (Å²) in [6.07, 6.45) is 3.10. The molecule has 0 heterocycles. The molecule has 1 saturated carbocycles. The van der Waals surface area contributed by atoms with Crippen molar-refractivity contribution < 1.29 is 78.4 Å². The molecule has 4 N–H and O–H groups in total. The van der Waals surface area contributed by atoms with Crippen LogP contribution in [0, 0.1) is 18.2 Å². The Hall–Kier alpha value is -2.29. The van der Waals surface area contributed by atoms with Gasteiger partial charge in [-0.25, -0.2) is 8.78 Å². The van der Waals surface area contributed by atoms with Gasteiger partial charge in [-0.3, -0.25) is 15.0 Å². The number of nitrogens with zero attached hydrogens (tertiary/aromatic N) is 2. The van der Waals surface area contributed by atoms with Crippen LogP contribution < -0.4 is 62.4 Å². The number of amides is 2. The van der Waals surface area contributed by atoms with E-state index >= 15 is 0 Å². The maximum absolute atomic E-state index is 14.7. The third-order valence-corrected chi connectivity index (χ3v) is 6.93. The number of anilines is 1. The molecular weight excluding hydrogens is 582 g/mol. The van der Waals surface area contributed by atoms with Gasteiger partial charge in [0.2, 0.25) is 5.91 Å². The zero-order chi connectivity index (χ0) is 29.4. The van der Waals surface area contributed by atoms with Gasteiger partial charge in [-0.15, -0.1) is 0 Å². The number of hydrogen-bond acceptors (Lipinski definition) is 6. The van der Waals surface area contributed by atoms with Crippen LogP contribution in [0.15, 0.2) is 59.5 Å². The van der Waals surface area contributed by atoms with E-state index in [2.05, 4.69) is 17.2 Å². The zero-order valence-corrected chi connectivity index (χ0v) is 27.2. The number of nitrogens with one attached hydrogen (secondary N) is 2. The molecule has 2 amide bonds.